The molecule has 3 heterocycles. The molecular formula is C23H27ClF2N8. The number of pyridine rings is 1. The fourth-order valence-electron chi connectivity index (χ4n) is 3.95. The topological polar surface area (TPSA) is 73.3 Å². The van der Waals surface area contributed by atoms with Gasteiger partial charge in [-0.1, -0.05) is 11.6 Å². The minimum Gasteiger partial charge on any atom is -0.352 e. The summed E-state index contributed by atoms with van der Waals surface area (Å²) in [5.74, 6) is 0.200. The third-order valence-corrected chi connectivity index (χ3v) is 6.05. The predicted octanol–water partition coefficient (Wildman–Crippen LogP) is 4.50. The fraction of sp³-hybridized carbons (Fsp3) is 0.391. The molecule has 1 aliphatic rings. The maximum atomic E-state index is 13.7. The largest absolute Gasteiger partial charge is 0.352 e. The molecule has 0 bridgehead atoms. The summed E-state index contributed by atoms with van der Waals surface area (Å²) in [4.78, 5) is 24.6. The lowest BCUT2D eigenvalue weighted by Crippen LogP contribution is -2.53. The van der Waals surface area contributed by atoms with Gasteiger partial charge in [-0.05, 0) is 45.0 Å². The molecule has 1 aromatic carbocycles. The Morgan fingerprint density at radius 1 is 1.09 bits per heavy atom. The van der Waals surface area contributed by atoms with Crippen LogP contribution in [-0.2, 0) is 0 Å². The van der Waals surface area contributed by atoms with Crippen LogP contribution in [0, 0.1) is 11.6 Å². The normalized spacial score (nSPS) is 16.0. The molecule has 0 radical (unpaired) electrons. The van der Waals surface area contributed by atoms with E-state index < -0.39 is 11.6 Å². The van der Waals surface area contributed by atoms with E-state index in [-0.39, 0.29) is 12.0 Å². The van der Waals surface area contributed by atoms with Crippen molar-refractivity contribution in [3.05, 3.63) is 53.2 Å². The zero-order valence-corrected chi connectivity index (χ0v) is 20.1. The molecule has 11 heteroatoms. The van der Waals surface area contributed by atoms with Crippen molar-refractivity contribution in [2.45, 2.75) is 26.8 Å². The minimum absolute atomic E-state index is 0.0647. The molecule has 1 atom stereocenters. The number of rotatable bonds is 7. The molecule has 1 saturated heterocycles. The quantitative estimate of drug-likeness (QED) is 0.521. The van der Waals surface area contributed by atoms with Crippen LogP contribution in [0.1, 0.15) is 20.8 Å². The molecule has 8 nitrogen and oxygen atoms in total. The second-order valence-electron chi connectivity index (χ2n) is 7.98. The van der Waals surface area contributed by atoms with Gasteiger partial charge in [0.1, 0.15) is 5.82 Å². The van der Waals surface area contributed by atoms with Gasteiger partial charge in [-0.2, -0.15) is 15.0 Å². The van der Waals surface area contributed by atoms with E-state index in [0.717, 1.165) is 18.0 Å². The summed E-state index contributed by atoms with van der Waals surface area (Å²) < 4.78 is 27.1. The average Bonchev–Trinajstić information content (AvgIpc) is 2.82. The van der Waals surface area contributed by atoms with E-state index in [2.05, 4.69) is 37.0 Å². The van der Waals surface area contributed by atoms with Crippen LogP contribution in [0.15, 0.2) is 36.5 Å². The Morgan fingerprint density at radius 2 is 1.88 bits per heavy atom. The van der Waals surface area contributed by atoms with Crippen molar-refractivity contribution < 1.29 is 8.78 Å². The van der Waals surface area contributed by atoms with E-state index in [4.69, 9.17) is 16.6 Å². The number of nitrogens with one attached hydrogen (secondary N) is 1. The van der Waals surface area contributed by atoms with Crippen molar-refractivity contribution >= 4 is 41.0 Å². The van der Waals surface area contributed by atoms with Crippen molar-refractivity contribution in [3.8, 4) is 0 Å². The molecule has 0 aliphatic carbocycles. The van der Waals surface area contributed by atoms with Gasteiger partial charge in [0.05, 0.1) is 5.02 Å². The Kier molecular flexibility index (Phi) is 7.26. The van der Waals surface area contributed by atoms with Crippen molar-refractivity contribution in [3.63, 3.8) is 0 Å². The van der Waals surface area contributed by atoms with Gasteiger partial charge in [-0.15, -0.1) is 0 Å². The standard InChI is InChI=1S/C23H27ClF2N8/c1-4-32(5-2)22-29-21(28-16-8-9-18(25)19(26)13-16)30-23(31-22)34-12-11-33(14-15(34)3)20-17(24)7-6-10-27-20/h6-10,13,15H,4-5,11-12,14H2,1-3H3,(H,28,29,30,31). The number of piperazine rings is 1. The highest BCUT2D eigenvalue weighted by Gasteiger charge is 2.28. The van der Waals surface area contributed by atoms with Gasteiger partial charge in [0.25, 0.3) is 0 Å². The van der Waals surface area contributed by atoms with Crippen LogP contribution < -0.4 is 20.0 Å². The van der Waals surface area contributed by atoms with Crippen LogP contribution in [0.3, 0.4) is 0 Å². The zero-order chi connectivity index (χ0) is 24.2. The summed E-state index contributed by atoms with van der Waals surface area (Å²) in [7, 11) is 0. The maximum absolute atomic E-state index is 13.7. The Morgan fingerprint density at radius 3 is 2.56 bits per heavy atom. The van der Waals surface area contributed by atoms with Gasteiger partial charge in [-0.25, -0.2) is 13.8 Å². The molecule has 180 valence electrons. The summed E-state index contributed by atoms with van der Waals surface area (Å²) >= 11 is 6.35. The molecule has 4 rings (SSSR count). The zero-order valence-electron chi connectivity index (χ0n) is 19.3. The monoisotopic (exact) mass is 488 g/mol. The van der Waals surface area contributed by atoms with Crippen molar-refractivity contribution in [1.29, 1.82) is 0 Å². The Balaban J connectivity index is 1.62. The first-order valence-corrected chi connectivity index (χ1v) is 11.6. The van der Waals surface area contributed by atoms with E-state index in [1.165, 1.54) is 6.07 Å². The second-order valence-corrected chi connectivity index (χ2v) is 8.39. The number of aromatic nitrogens is 4. The highest BCUT2D eigenvalue weighted by atomic mass is 35.5. The van der Waals surface area contributed by atoms with Crippen LogP contribution in [0.4, 0.5) is 38.1 Å². The molecule has 2 aromatic heterocycles. The summed E-state index contributed by atoms with van der Waals surface area (Å²) in [6, 6.07) is 7.29. The number of nitrogens with zero attached hydrogens (tertiary/aromatic N) is 7. The van der Waals surface area contributed by atoms with E-state index >= 15 is 0 Å². The number of halogens is 3. The van der Waals surface area contributed by atoms with Gasteiger partial charge < -0.3 is 20.0 Å². The lowest BCUT2D eigenvalue weighted by atomic mass is 10.2. The van der Waals surface area contributed by atoms with Crippen LogP contribution in [0.2, 0.25) is 5.02 Å². The van der Waals surface area contributed by atoms with Gasteiger partial charge in [0.15, 0.2) is 11.6 Å². The molecule has 0 amide bonds. The van der Waals surface area contributed by atoms with Crippen LogP contribution in [0.5, 0.6) is 0 Å². The van der Waals surface area contributed by atoms with E-state index in [0.29, 0.717) is 55.3 Å². The maximum Gasteiger partial charge on any atom is 0.233 e. The first-order chi connectivity index (χ1) is 16.4. The molecule has 0 spiro atoms. The summed E-state index contributed by atoms with van der Waals surface area (Å²) in [5, 5.41) is 3.61. The van der Waals surface area contributed by atoms with Crippen molar-refractivity contribution in [2.24, 2.45) is 0 Å². The van der Waals surface area contributed by atoms with Crippen LogP contribution >= 0.6 is 11.6 Å². The Bertz CT molecular complexity index is 1140. The van der Waals surface area contributed by atoms with E-state index in [9.17, 15) is 8.78 Å². The van der Waals surface area contributed by atoms with Crippen LogP contribution in [0.25, 0.3) is 0 Å². The van der Waals surface area contributed by atoms with E-state index in [1.54, 1.807) is 6.20 Å². The molecule has 1 fully saturated rings. The van der Waals surface area contributed by atoms with Crippen LogP contribution in [-0.4, -0.2) is 58.7 Å². The number of benzene rings is 1. The molecule has 3 aromatic rings. The van der Waals surface area contributed by atoms with Crippen molar-refractivity contribution in [1.82, 2.24) is 19.9 Å². The fourth-order valence-corrected chi connectivity index (χ4v) is 4.19. The Hall–Kier alpha value is -3.27. The summed E-state index contributed by atoms with van der Waals surface area (Å²) in [5.41, 5.74) is 0.351. The first kappa shape index (κ1) is 23.9. The number of hydrogen-bond donors (Lipinski definition) is 1. The predicted molar refractivity (Wildman–Crippen MR) is 131 cm³/mol. The van der Waals surface area contributed by atoms with Gasteiger partial charge in [-0.3, -0.25) is 0 Å². The summed E-state index contributed by atoms with van der Waals surface area (Å²) in [6.07, 6.45) is 1.73. The third-order valence-electron chi connectivity index (χ3n) is 5.76. The van der Waals surface area contributed by atoms with Gasteiger partial charge >= 0.3 is 0 Å². The van der Waals surface area contributed by atoms with Crippen molar-refractivity contribution in [2.75, 3.05) is 52.7 Å². The lowest BCUT2D eigenvalue weighted by molar-refractivity contribution is 0.509. The average molecular weight is 489 g/mol. The minimum atomic E-state index is -0.943. The molecule has 34 heavy (non-hydrogen) atoms. The van der Waals surface area contributed by atoms with Gasteiger partial charge in [0, 0.05) is 56.7 Å². The highest BCUT2D eigenvalue weighted by Crippen LogP contribution is 2.28. The molecule has 1 aliphatic heterocycles. The van der Waals surface area contributed by atoms with E-state index in [1.807, 2.05) is 30.9 Å². The number of hydrogen-bond acceptors (Lipinski definition) is 8. The smallest absolute Gasteiger partial charge is 0.233 e. The molecule has 0 saturated carbocycles. The lowest BCUT2D eigenvalue weighted by Gasteiger charge is -2.40. The van der Waals surface area contributed by atoms with Gasteiger partial charge in [0.2, 0.25) is 17.8 Å². The number of anilines is 5. The molecule has 1 N–H and O–H groups in total. The SMILES string of the molecule is CCN(CC)c1nc(Nc2ccc(F)c(F)c2)nc(N2CCN(c3ncccc3Cl)CC2C)n1. The summed E-state index contributed by atoms with van der Waals surface area (Å²) in [6.45, 7) is 9.60. The molecule has 1 unspecified atom stereocenters. The first-order valence-electron chi connectivity index (χ1n) is 11.2. The highest BCUT2D eigenvalue weighted by molar-refractivity contribution is 6.32. The molecular weight excluding hydrogens is 462 g/mol. The second kappa shape index (κ2) is 10.3. The Labute approximate surface area is 202 Å². The third kappa shape index (κ3) is 5.11.